The van der Waals surface area contributed by atoms with Gasteiger partial charge < -0.3 is 9.15 Å². The third-order valence-corrected chi connectivity index (χ3v) is 5.03. The standard InChI is InChI=1S/C20H20N2O4S/c1-12-6-5-7-17(14(12)3)22(15(4)23)20-21-16(11-27-20)10-25-19(24)18-9-8-13(2)26-18/h5-9,11H,10H2,1-4H3. The summed E-state index contributed by atoms with van der Waals surface area (Å²) in [6.45, 7) is 7.24. The monoisotopic (exact) mass is 384 g/mol. The molecule has 1 aromatic carbocycles. The maximum absolute atomic E-state index is 12.3. The number of rotatable bonds is 5. The molecule has 0 spiro atoms. The number of carbonyl (C=O) groups is 2. The summed E-state index contributed by atoms with van der Waals surface area (Å²) >= 11 is 1.33. The van der Waals surface area contributed by atoms with E-state index < -0.39 is 5.97 Å². The molecule has 2 heterocycles. The fourth-order valence-electron chi connectivity index (χ4n) is 2.61. The number of anilines is 2. The van der Waals surface area contributed by atoms with E-state index in [4.69, 9.17) is 9.15 Å². The average molecular weight is 384 g/mol. The second-order valence-corrected chi connectivity index (χ2v) is 7.02. The first-order valence-electron chi connectivity index (χ1n) is 8.41. The molecule has 0 fully saturated rings. The maximum atomic E-state index is 12.3. The van der Waals surface area contributed by atoms with Crippen molar-refractivity contribution in [2.24, 2.45) is 0 Å². The molecular formula is C20H20N2O4S. The number of esters is 1. The lowest BCUT2D eigenvalue weighted by atomic mass is 10.1. The van der Waals surface area contributed by atoms with Crippen LogP contribution in [-0.2, 0) is 16.1 Å². The van der Waals surface area contributed by atoms with E-state index in [9.17, 15) is 9.59 Å². The molecule has 3 aromatic rings. The number of nitrogens with zero attached hydrogens (tertiary/aromatic N) is 2. The Kier molecular flexibility index (Phi) is 5.41. The van der Waals surface area contributed by atoms with Gasteiger partial charge in [-0.1, -0.05) is 12.1 Å². The molecule has 7 heteroatoms. The molecule has 2 aromatic heterocycles. The highest BCUT2D eigenvalue weighted by Gasteiger charge is 2.21. The van der Waals surface area contributed by atoms with Crippen molar-refractivity contribution in [1.29, 1.82) is 0 Å². The molecule has 0 N–H and O–H groups in total. The highest BCUT2D eigenvalue weighted by Crippen LogP contribution is 2.32. The Morgan fingerprint density at radius 2 is 1.96 bits per heavy atom. The van der Waals surface area contributed by atoms with Crippen molar-refractivity contribution in [3.63, 3.8) is 0 Å². The van der Waals surface area contributed by atoms with Crippen molar-refractivity contribution in [2.45, 2.75) is 34.3 Å². The van der Waals surface area contributed by atoms with Crippen molar-refractivity contribution in [3.8, 4) is 0 Å². The van der Waals surface area contributed by atoms with Crippen molar-refractivity contribution in [1.82, 2.24) is 4.98 Å². The van der Waals surface area contributed by atoms with Gasteiger partial charge in [-0.3, -0.25) is 9.69 Å². The summed E-state index contributed by atoms with van der Waals surface area (Å²) in [6, 6.07) is 9.08. The van der Waals surface area contributed by atoms with Crippen LogP contribution in [0.2, 0.25) is 0 Å². The number of aryl methyl sites for hydroxylation is 2. The van der Waals surface area contributed by atoms with Gasteiger partial charge in [0.15, 0.2) is 5.13 Å². The summed E-state index contributed by atoms with van der Waals surface area (Å²) in [6.07, 6.45) is 0. The largest absolute Gasteiger partial charge is 0.454 e. The highest BCUT2D eigenvalue weighted by molar-refractivity contribution is 7.14. The summed E-state index contributed by atoms with van der Waals surface area (Å²) in [5, 5.41) is 2.31. The minimum atomic E-state index is -0.546. The van der Waals surface area contributed by atoms with Crippen LogP contribution in [0.3, 0.4) is 0 Å². The lowest BCUT2D eigenvalue weighted by Gasteiger charge is -2.21. The summed E-state index contributed by atoms with van der Waals surface area (Å²) in [5.41, 5.74) is 3.48. The molecule has 27 heavy (non-hydrogen) atoms. The second-order valence-electron chi connectivity index (χ2n) is 6.18. The van der Waals surface area contributed by atoms with Crippen LogP contribution in [0.5, 0.6) is 0 Å². The number of ether oxygens (including phenoxy) is 1. The zero-order chi connectivity index (χ0) is 19.6. The van der Waals surface area contributed by atoms with Crippen molar-refractivity contribution in [2.75, 3.05) is 4.90 Å². The predicted octanol–water partition coefficient (Wildman–Crippen LogP) is 4.70. The molecule has 0 aliphatic heterocycles. The van der Waals surface area contributed by atoms with E-state index in [1.807, 2.05) is 32.0 Å². The van der Waals surface area contributed by atoms with Crippen molar-refractivity contribution >= 4 is 34.0 Å². The first-order chi connectivity index (χ1) is 12.9. The Labute approximate surface area is 161 Å². The van der Waals surface area contributed by atoms with Gasteiger partial charge >= 0.3 is 5.97 Å². The Hall–Kier alpha value is -2.93. The number of hydrogen-bond donors (Lipinski definition) is 0. The summed E-state index contributed by atoms with van der Waals surface area (Å²) in [4.78, 5) is 30.3. The first kappa shape index (κ1) is 18.8. The zero-order valence-electron chi connectivity index (χ0n) is 15.6. The van der Waals surface area contributed by atoms with Gasteiger partial charge in [0, 0.05) is 12.3 Å². The Bertz CT molecular complexity index is 990. The molecule has 0 aliphatic rings. The van der Waals surface area contributed by atoms with Crippen LogP contribution in [0.1, 0.15) is 40.1 Å². The fourth-order valence-corrected chi connectivity index (χ4v) is 3.47. The van der Waals surface area contributed by atoms with Crippen LogP contribution >= 0.6 is 11.3 Å². The van der Waals surface area contributed by atoms with Crippen molar-refractivity contribution < 1.29 is 18.7 Å². The molecule has 0 bridgehead atoms. The van der Waals surface area contributed by atoms with Crippen LogP contribution in [-0.4, -0.2) is 16.9 Å². The zero-order valence-corrected chi connectivity index (χ0v) is 16.4. The Morgan fingerprint density at radius 1 is 1.19 bits per heavy atom. The third-order valence-electron chi connectivity index (χ3n) is 4.16. The predicted molar refractivity (Wildman–Crippen MR) is 103 cm³/mol. The van der Waals surface area contributed by atoms with E-state index in [1.54, 1.807) is 29.3 Å². The lowest BCUT2D eigenvalue weighted by molar-refractivity contribution is -0.115. The molecule has 0 radical (unpaired) electrons. The van der Waals surface area contributed by atoms with E-state index in [0.717, 1.165) is 16.8 Å². The molecule has 0 aliphatic carbocycles. The van der Waals surface area contributed by atoms with Gasteiger partial charge in [0.1, 0.15) is 12.4 Å². The van der Waals surface area contributed by atoms with Gasteiger partial charge in [-0.15, -0.1) is 11.3 Å². The third kappa shape index (κ3) is 4.09. The van der Waals surface area contributed by atoms with Gasteiger partial charge in [-0.05, 0) is 50.1 Å². The smallest absolute Gasteiger partial charge is 0.374 e. The number of carbonyl (C=O) groups excluding carboxylic acids is 2. The highest BCUT2D eigenvalue weighted by atomic mass is 32.1. The van der Waals surface area contributed by atoms with Crippen LogP contribution in [0.25, 0.3) is 0 Å². The molecule has 3 rings (SSSR count). The fraction of sp³-hybridized carbons (Fsp3) is 0.250. The number of furan rings is 1. The van der Waals surface area contributed by atoms with E-state index >= 15 is 0 Å². The molecule has 0 unspecified atom stereocenters. The summed E-state index contributed by atoms with van der Waals surface area (Å²) in [7, 11) is 0. The minimum Gasteiger partial charge on any atom is -0.454 e. The van der Waals surface area contributed by atoms with Gasteiger partial charge in [0.25, 0.3) is 0 Å². The number of amides is 1. The van der Waals surface area contributed by atoms with E-state index in [1.165, 1.54) is 18.3 Å². The molecule has 0 atom stereocenters. The van der Waals surface area contributed by atoms with E-state index in [0.29, 0.717) is 16.6 Å². The second kappa shape index (κ2) is 7.75. The lowest BCUT2D eigenvalue weighted by Crippen LogP contribution is -2.23. The molecule has 0 saturated carbocycles. The van der Waals surface area contributed by atoms with Crippen LogP contribution in [0.15, 0.2) is 40.1 Å². The van der Waals surface area contributed by atoms with Crippen LogP contribution in [0.4, 0.5) is 10.8 Å². The molecule has 1 amide bonds. The van der Waals surface area contributed by atoms with Gasteiger partial charge in [0.2, 0.25) is 11.7 Å². The number of thiazole rings is 1. The topological polar surface area (TPSA) is 72.6 Å². The van der Waals surface area contributed by atoms with Crippen LogP contribution < -0.4 is 4.90 Å². The first-order valence-corrected chi connectivity index (χ1v) is 9.29. The van der Waals surface area contributed by atoms with Gasteiger partial charge in [0.05, 0.1) is 11.4 Å². The minimum absolute atomic E-state index is 0.00756. The SMILES string of the molecule is CC(=O)N(c1nc(COC(=O)c2ccc(C)o2)cs1)c1cccc(C)c1C. The number of aromatic nitrogens is 1. The Morgan fingerprint density at radius 3 is 2.63 bits per heavy atom. The summed E-state index contributed by atoms with van der Waals surface area (Å²) in [5.74, 6) is 0.121. The van der Waals surface area contributed by atoms with Crippen molar-refractivity contribution in [3.05, 3.63) is 64.1 Å². The maximum Gasteiger partial charge on any atom is 0.374 e. The quantitative estimate of drug-likeness (QED) is 0.596. The van der Waals surface area contributed by atoms with E-state index in [-0.39, 0.29) is 18.3 Å². The Balaban J connectivity index is 1.77. The molecule has 6 nitrogen and oxygen atoms in total. The van der Waals surface area contributed by atoms with Gasteiger partial charge in [-0.25, -0.2) is 9.78 Å². The molecule has 0 saturated heterocycles. The average Bonchev–Trinajstić information content (AvgIpc) is 3.26. The number of hydrogen-bond acceptors (Lipinski definition) is 6. The van der Waals surface area contributed by atoms with E-state index in [2.05, 4.69) is 4.98 Å². The molecule has 140 valence electrons. The normalized spacial score (nSPS) is 10.7. The van der Waals surface area contributed by atoms with Crippen LogP contribution in [0, 0.1) is 20.8 Å². The summed E-state index contributed by atoms with van der Waals surface area (Å²) < 4.78 is 10.5. The van der Waals surface area contributed by atoms with Gasteiger partial charge in [-0.2, -0.15) is 0 Å². The number of benzene rings is 1. The molecular weight excluding hydrogens is 364 g/mol.